The fourth-order valence-electron chi connectivity index (χ4n) is 3.33. The highest BCUT2D eigenvalue weighted by molar-refractivity contribution is 5.60. The van der Waals surface area contributed by atoms with Crippen molar-refractivity contribution in [3.63, 3.8) is 0 Å². The van der Waals surface area contributed by atoms with Crippen molar-refractivity contribution >= 4 is 17.6 Å². The SMILES string of the molecule is CCc1c(N)nc(N)nc1N1CC2CCCNC2C1. The maximum atomic E-state index is 5.97. The summed E-state index contributed by atoms with van der Waals surface area (Å²) in [5, 5.41) is 3.60. The molecule has 19 heavy (non-hydrogen) atoms. The van der Waals surface area contributed by atoms with Crippen molar-refractivity contribution in [2.24, 2.45) is 5.92 Å². The van der Waals surface area contributed by atoms with Gasteiger partial charge in [-0.05, 0) is 31.7 Å². The average molecular weight is 262 g/mol. The number of hydrogen-bond acceptors (Lipinski definition) is 6. The third kappa shape index (κ3) is 2.20. The topological polar surface area (TPSA) is 93.1 Å². The van der Waals surface area contributed by atoms with Crippen LogP contribution in [-0.2, 0) is 6.42 Å². The Morgan fingerprint density at radius 2 is 2.16 bits per heavy atom. The average Bonchev–Trinajstić information content (AvgIpc) is 2.81. The van der Waals surface area contributed by atoms with E-state index in [1.807, 2.05) is 0 Å². The van der Waals surface area contributed by atoms with Crippen molar-refractivity contribution in [2.45, 2.75) is 32.2 Å². The van der Waals surface area contributed by atoms with E-state index in [0.717, 1.165) is 43.4 Å². The van der Waals surface area contributed by atoms with Gasteiger partial charge in [-0.2, -0.15) is 9.97 Å². The smallest absolute Gasteiger partial charge is 0.223 e. The van der Waals surface area contributed by atoms with E-state index in [-0.39, 0.29) is 5.95 Å². The molecule has 2 aliphatic heterocycles. The fourth-order valence-corrected chi connectivity index (χ4v) is 3.33. The summed E-state index contributed by atoms with van der Waals surface area (Å²) in [4.78, 5) is 10.8. The van der Waals surface area contributed by atoms with E-state index in [2.05, 4.69) is 27.1 Å². The zero-order chi connectivity index (χ0) is 13.4. The molecule has 0 spiro atoms. The molecule has 2 aliphatic rings. The van der Waals surface area contributed by atoms with Crippen LogP contribution in [0.25, 0.3) is 0 Å². The first kappa shape index (κ1) is 12.5. The normalized spacial score (nSPS) is 26.5. The highest BCUT2D eigenvalue weighted by Gasteiger charge is 2.35. The van der Waals surface area contributed by atoms with E-state index in [4.69, 9.17) is 11.5 Å². The van der Waals surface area contributed by atoms with Crippen molar-refractivity contribution < 1.29 is 0 Å². The molecule has 0 bridgehead atoms. The van der Waals surface area contributed by atoms with E-state index >= 15 is 0 Å². The minimum absolute atomic E-state index is 0.271. The molecule has 0 aromatic carbocycles. The van der Waals surface area contributed by atoms with Gasteiger partial charge in [0, 0.05) is 24.7 Å². The number of hydrogen-bond donors (Lipinski definition) is 3. The van der Waals surface area contributed by atoms with Crippen LogP contribution >= 0.6 is 0 Å². The highest BCUT2D eigenvalue weighted by Crippen LogP contribution is 2.32. The van der Waals surface area contributed by atoms with Gasteiger partial charge in [-0.1, -0.05) is 6.92 Å². The Kier molecular flexibility index (Phi) is 3.18. The molecule has 6 heteroatoms. The molecule has 1 aromatic rings. The van der Waals surface area contributed by atoms with Crippen molar-refractivity contribution in [1.82, 2.24) is 15.3 Å². The van der Waals surface area contributed by atoms with Gasteiger partial charge in [-0.25, -0.2) is 0 Å². The highest BCUT2D eigenvalue weighted by atomic mass is 15.3. The Labute approximate surface area is 113 Å². The molecule has 1 aromatic heterocycles. The van der Waals surface area contributed by atoms with E-state index in [9.17, 15) is 0 Å². The third-order valence-corrected chi connectivity index (χ3v) is 4.29. The monoisotopic (exact) mass is 262 g/mol. The van der Waals surface area contributed by atoms with Crippen molar-refractivity contribution in [2.75, 3.05) is 36.0 Å². The molecule has 0 radical (unpaired) electrons. The van der Waals surface area contributed by atoms with Crippen molar-refractivity contribution in [3.8, 4) is 0 Å². The number of piperidine rings is 1. The lowest BCUT2D eigenvalue weighted by atomic mass is 9.94. The van der Waals surface area contributed by atoms with Gasteiger partial charge in [0.25, 0.3) is 0 Å². The molecule has 0 saturated carbocycles. The van der Waals surface area contributed by atoms with Crippen LogP contribution in [0.4, 0.5) is 17.6 Å². The van der Waals surface area contributed by atoms with E-state index in [0.29, 0.717) is 11.9 Å². The number of fused-ring (bicyclic) bond motifs is 1. The van der Waals surface area contributed by atoms with Gasteiger partial charge >= 0.3 is 0 Å². The summed E-state index contributed by atoms with van der Waals surface area (Å²) in [6.45, 7) is 5.24. The van der Waals surface area contributed by atoms with Crippen molar-refractivity contribution in [1.29, 1.82) is 0 Å². The van der Waals surface area contributed by atoms with Gasteiger partial charge in [0.2, 0.25) is 5.95 Å². The molecular weight excluding hydrogens is 240 g/mol. The molecule has 0 amide bonds. The van der Waals surface area contributed by atoms with Gasteiger partial charge in [-0.15, -0.1) is 0 Å². The minimum atomic E-state index is 0.271. The van der Waals surface area contributed by atoms with E-state index in [1.165, 1.54) is 12.8 Å². The number of nitrogens with two attached hydrogens (primary N) is 2. The molecule has 2 fully saturated rings. The van der Waals surface area contributed by atoms with Crippen LogP contribution in [0.15, 0.2) is 0 Å². The summed E-state index contributed by atoms with van der Waals surface area (Å²) in [5.74, 6) is 2.44. The molecule has 3 rings (SSSR count). The first-order chi connectivity index (χ1) is 9.19. The fraction of sp³-hybridized carbons (Fsp3) is 0.692. The van der Waals surface area contributed by atoms with Crippen LogP contribution in [-0.4, -0.2) is 35.6 Å². The lowest BCUT2D eigenvalue weighted by Crippen LogP contribution is -2.40. The number of nitrogens with zero attached hydrogens (tertiary/aromatic N) is 3. The summed E-state index contributed by atoms with van der Waals surface area (Å²) in [5.41, 5.74) is 12.7. The zero-order valence-electron chi connectivity index (χ0n) is 11.4. The Bertz CT molecular complexity index is 460. The van der Waals surface area contributed by atoms with Crippen LogP contribution in [0, 0.1) is 5.92 Å². The van der Waals surface area contributed by atoms with Gasteiger partial charge in [0.05, 0.1) is 0 Å². The summed E-state index contributed by atoms with van der Waals surface area (Å²) in [6, 6.07) is 0.580. The first-order valence-corrected chi connectivity index (χ1v) is 7.09. The standard InChI is InChI=1S/C13H22N6/c1-2-9-11(14)17-13(15)18-12(9)19-6-8-4-3-5-16-10(8)7-19/h8,10,16H,2-7H2,1H3,(H4,14,15,17,18). The quantitative estimate of drug-likeness (QED) is 0.714. The third-order valence-electron chi connectivity index (χ3n) is 4.29. The van der Waals surface area contributed by atoms with Crippen LogP contribution in [0.1, 0.15) is 25.3 Å². The lowest BCUT2D eigenvalue weighted by Gasteiger charge is -2.24. The lowest BCUT2D eigenvalue weighted by molar-refractivity contribution is 0.340. The second kappa shape index (κ2) is 4.85. The predicted octanol–water partition coefficient (Wildman–Crippen LogP) is 0.392. The second-order valence-corrected chi connectivity index (χ2v) is 5.49. The zero-order valence-corrected chi connectivity index (χ0v) is 11.4. The Morgan fingerprint density at radius 3 is 2.89 bits per heavy atom. The molecule has 5 N–H and O–H groups in total. The van der Waals surface area contributed by atoms with Crippen LogP contribution in [0.3, 0.4) is 0 Å². The number of aromatic nitrogens is 2. The maximum absolute atomic E-state index is 5.97. The molecule has 2 saturated heterocycles. The van der Waals surface area contributed by atoms with Crippen LogP contribution < -0.4 is 21.7 Å². The van der Waals surface area contributed by atoms with E-state index < -0.39 is 0 Å². The molecule has 2 unspecified atom stereocenters. The number of nitrogens with one attached hydrogen (secondary N) is 1. The molecule has 0 aliphatic carbocycles. The largest absolute Gasteiger partial charge is 0.383 e. The minimum Gasteiger partial charge on any atom is -0.383 e. The Morgan fingerprint density at radius 1 is 1.32 bits per heavy atom. The number of anilines is 3. The second-order valence-electron chi connectivity index (χ2n) is 5.49. The number of rotatable bonds is 2. The summed E-state index contributed by atoms with van der Waals surface area (Å²) in [7, 11) is 0. The van der Waals surface area contributed by atoms with Crippen LogP contribution in [0.5, 0.6) is 0 Å². The molecular formula is C13H22N6. The first-order valence-electron chi connectivity index (χ1n) is 7.09. The van der Waals surface area contributed by atoms with Crippen LogP contribution in [0.2, 0.25) is 0 Å². The Hall–Kier alpha value is -1.56. The summed E-state index contributed by atoms with van der Waals surface area (Å²) in [6.07, 6.45) is 3.40. The summed E-state index contributed by atoms with van der Waals surface area (Å²) >= 11 is 0. The summed E-state index contributed by atoms with van der Waals surface area (Å²) < 4.78 is 0. The molecule has 104 valence electrons. The predicted molar refractivity (Wildman–Crippen MR) is 77.0 cm³/mol. The van der Waals surface area contributed by atoms with Gasteiger partial charge in [0.15, 0.2) is 0 Å². The maximum Gasteiger partial charge on any atom is 0.223 e. The van der Waals surface area contributed by atoms with Crippen molar-refractivity contribution in [3.05, 3.63) is 5.56 Å². The van der Waals surface area contributed by atoms with E-state index in [1.54, 1.807) is 0 Å². The molecule has 6 nitrogen and oxygen atoms in total. The molecule has 3 heterocycles. The van der Waals surface area contributed by atoms with Gasteiger partial charge in [0.1, 0.15) is 11.6 Å². The van der Waals surface area contributed by atoms with Gasteiger partial charge in [-0.3, -0.25) is 0 Å². The Balaban J connectivity index is 1.90. The van der Waals surface area contributed by atoms with Gasteiger partial charge < -0.3 is 21.7 Å². The number of nitrogen functional groups attached to an aromatic ring is 2. The molecule has 2 atom stereocenters.